The van der Waals surface area contributed by atoms with Crippen molar-refractivity contribution >= 4 is 23.2 Å². The Morgan fingerprint density at radius 1 is 0.630 bits per heavy atom. The van der Waals surface area contributed by atoms with Gasteiger partial charge in [-0.1, -0.05) is 0 Å². The minimum absolute atomic E-state index is 0.103. The van der Waals surface area contributed by atoms with E-state index in [1.165, 1.54) is 12.8 Å². The molecule has 0 atom stereocenters. The zero-order valence-electron chi connectivity index (χ0n) is 13.7. The van der Waals surface area contributed by atoms with Crippen LogP contribution in [0.4, 0.5) is 52.7 Å². The van der Waals surface area contributed by atoms with Crippen LogP contribution in [0.15, 0.2) is 0 Å². The Bertz CT molecular complexity index is 370. The fourth-order valence-corrected chi connectivity index (χ4v) is 4.89. The average molecular weight is 628 g/mol. The Morgan fingerprint density at radius 2 is 0.889 bits per heavy atom. The first-order valence-electron chi connectivity index (χ1n) is 6.99. The van der Waals surface area contributed by atoms with Crippen molar-refractivity contribution < 1.29 is 62.9 Å². The first-order valence-corrected chi connectivity index (χ1v) is 11.9. The molecular formula is C12H15BiF12O2. The number of halogens is 12. The summed E-state index contributed by atoms with van der Waals surface area (Å²) in [5.74, 6) is 0. The van der Waals surface area contributed by atoms with Crippen molar-refractivity contribution in [2.45, 2.75) is 70.9 Å². The van der Waals surface area contributed by atoms with Crippen LogP contribution in [0.25, 0.3) is 0 Å². The van der Waals surface area contributed by atoms with Gasteiger partial charge in [-0.15, -0.1) is 0 Å². The van der Waals surface area contributed by atoms with Crippen LogP contribution >= 0.6 is 0 Å². The third-order valence-electron chi connectivity index (χ3n) is 2.89. The Kier molecular flexibility index (Phi) is 10.4. The molecule has 0 spiro atoms. The normalized spacial score (nSPS) is 14.7. The number of hydrogen-bond donors (Lipinski definition) is 1. The second-order valence-corrected chi connectivity index (χ2v) is 10.3. The molecule has 0 saturated carbocycles. The molecule has 15 heteroatoms. The van der Waals surface area contributed by atoms with E-state index < -0.39 is 35.9 Å². The van der Waals surface area contributed by atoms with E-state index in [9.17, 15) is 57.8 Å². The summed E-state index contributed by atoms with van der Waals surface area (Å²) in [4.78, 5) is 0. The minimum Gasteiger partial charge on any atom is -0.834 e. The fourth-order valence-electron chi connectivity index (χ4n) is 1.56. The molecule has 0 amide bonds. The van der Waals surface area contributed by atoms with Crippen molar-refractivity contribution in [3.05, 3.63) is 0 Å². The number of alkyl halides is 12. The molecule has 0 aromatic carbocycles. The topological polar surface area (TPSA) is 43.3 Å². The van der Waals surface area contributed by atoms with Crippen molar-refractivity contribution in [3.8, 4) is 0 Å². The van der Waals surface area contributed by atoms with Crippen molar-refractivity contribution in [1.82, 2.24) is 0 Å². The van der Waals surface area contributed by atoms with Crippen LogP contribution in [0.2, 0.25) is 8.26 Å². The van der Waals surface area contributed by atoms with Crippen LogP contribution < -0.4 is 5.11 Å². The molecule has 0 unspecified atom stereocenters. The zero-order chi connectivity index (χ0) is 22.5. The molecule has 164 valence electrons. The van der Waals surface area contributed by atoms with Crippen LogP contribution in [-0.2, 0) is 0 Å². The van der Waals surface area contributed by atoms with Crippen molar-refractivity contribution in [3.63, 3.8) is 0 Å². The van der Waals surface area contributed by atoms with Gasteiger partial charge < -0.3 is 10.2 Å². The van der Waals surface area contributed by atoms with E-state index in [1.807, 2.05) is 0 Å². The molecule has 0 aliphatic rings. The van der Waals surface area contributed by atoms with Crippen LogP contribution in [0, 0.1) is 0 Å². The van der Waals surface area contributed by atoms with Gasteiger partial charge in [0.25, 0.3) is 5.60 Å². The summed E-state index contributed by atoms with van der Waals surface area (Å²) >= 11 is 0.103. The van der Waals surface area contributed by atoms with Gasteiger partial charge in [-0.25, -0.2) is 0 Å². The van der Waals surface area contributed by atoms with E-state index in [0.29, 0.717) is 0 Å². The Labute approximate surface area is 157 Å². The maximum Gasteiger partial charge on any atom is 0.426 e. The predicted molar refractivity (Wildman–Crippen MR) is 67.9 cm³/mol. The summed E-state index contributed by atoms with van der Waals surface area (Å²) in [7, 11) is 0. The third-order valence-corrected chi connectivity index (χ3v) is 8.83. The molecule has 0 bridgehead atoms. The Balaban J connectivity index is 0. The molecule has 2 nitrogen and oxygen atoms in total. The fraction of sp³-hybridized carbons (Fsp3) is 1.00. The van der Waals surface area contributed by atoms with Gasteiger partial charge in [-0.3, -0.25) is 0 Å². The third kappa shape index (κ3) is 6.22. The van der Waals surface area contributed by atoms with Crippen molar-refractivity contribution in [1.29, 1.82) is 0 Å². The smallest absolute Gasteiger partial charge is 0.426 e. The molecule has 0 saturated heterocycles. The molecule has 1 N–H and O–H groups in total. The van der Waals surface area contributed by atoms with E-state index >= 15 is 0 Å². The molecule has 0 rings (SSSR count). The van der Waals surface area contributed by atoms with Gasteiger partial charge in [0.1, 0.15) is 5.60 Å². The van der Waals surface area contributed by atoms with E-state index in [-0.39, 0.29) is 23.2 Å². The number of hydrogen-bond acceptors (Lipinski definition) is 2. The summed E-state index contributed by atoms with van der Waals surface area (Å²) in [6.45, 7) is 4.58. The van der Waals surface area contributed by atoms with Gasteiger partial charge in [-0.2, -0.15) is 52.7 Å². The zero-order valence-corrected chi connectivity index (χ0v) is 17.1. The maximum atomic E-state index is 12.0. The van der Waals surface area contributed by atoms with Crippen LogP contribution in [0.1, 0.15) is 26.7 Å². The minimum atomic E-state index is -7.75. The van der Waals surface area contributed by atoms with Gasteiger partial charge in [0.2, 0.25) is 0 Å². The van der Waals surface area contributed by atoms with Gasteiger partial charge in [0.05, 0.1) is 0 Å². The molecule has 0 aliphatic heterocycles. The predicted octanol–water partition coefficient (Wildman–Crippen LogP) is 4.41. The standard InChI is InChI=1S/C6HF12O2.2C3H7.Bi/c7-3(8,9)1(19,4(10,11)12)2(20,5(13,14)15)6(16,17)18;2*1-3-2;/h19H;2*1,3H2,2H3;/q-1;;;+1. The second-order valence-electron chi connectivity index (χ2n) is 5.05. The van der Waals surface area contributed by atoms with Crippen molar-refractivity contribution in [2.75, 3.05) is 0 Å². The van der Waals surface area contributed by atoms with Gasteiger partial charge in [-0.05, 0) is 0 Å². The second kappa shape index (κ2) is 9.64. The average Bonchev–Trinajstić information content (AvgIpc) is 2.42. The largest absolute Gasteiger partial charge is 0.834 e. The number of aliphatic hydroxyl groups is 1. The maximum absolute atomic E-state index is 12.0. The van der Waals surface area contributed by atoms with Gasteiger partial charge in [0, 0.05) is 0 Å². The van der Waals surface area contributed by atoms with E-state index in [4.69, 9.17) is 5.11 Å². The molecule has 0 aromatic heterocycles. The van der Waals surface area contributed by atoms with E-state index in [2.05, 4.69) is 13.8 Å². The molecule has 2 radical (unpaired) electrons. The molecule has 0 fully saturated rings. The van der Waals surface area contributed by atoms with Crippen LogP contribution in [0.5, 0.6) is 0 Å². The Hall–Kier alpha value is -0.0369. The quantitative estimate of drug-likeness (QED) is 0.279. The van der Waals surface area contributed by atoms with E-state index in [0.717, 1.165) is 0 Å². The summed E-state index contributed by atoms with van der Waals surface area (Å²) in [5.41, 5.74) is -15.4. The molecular weight excluding hydrogens is 613 g/mol. The first kappa shape index (κ1) is 29.2. The van der Waals surface area contributed by atoms with E-state index in [1.54, 1.807) is 8.26 Å². The van der Waals surface area contributed by atoms with Gasteiger partial charge >= 0.3 is 82.9 Å². The Morgan fingerprint density at radius 3 is 1.00 bits per heavy atom. The monoisotopic (exact) mass is 628 g/mol. The van der Waals surface area contributed by atoms with Crippen LogP contribution in [-0.4, -0.2) is 64.2 Å². The molecule has 0 aromatic rings. The SMILES string of the molecule is CC[CH2][Bi+][CH2]CC.[O-]C(C(F)(F)F)(C(F)(F)F)C(O)(C(F)(F)F)C(F)(F)F. The number of rotatable bonds is 5. The molecule has 0 aliphatic carbocycles. The van der Waals surface area contributed by atoms with Gasteiger partial charge in [0.15, 0.2) is 0 Å². The molecule has 27 heavy (non-hydrogen) atoms. The summed E-state index contributed by atoms with van der Waals surface area (Å²) < 4.78 is 147. The summed E-state index contributed by atoms with van der Waals surface area (Å²) in [6, 6.07) is 0. The molecule has 0 heterocycles. The summed E-state index contributed by atoms with van der Waals surface area (Å²) in [6.07, 6.45) is -27.6. The summed E-state index contributed by atoms with van der Waals surface area (Å²) in [5, 5.41) is 18.6. The first-order chi connectivity index (χ1) is 11.7. The van der Waals surface area contributed by atoms with Crippen molar-refractivity contribution in [2.24, 2.45) is 0 Å². The van der Waals surface area contributed by atoms with Crippen LogP contribution in [0.3, 0.4) is 0 Å².